The van der Waals surface area contributed by atoms with Crippen molar-refractivity contribution in [3.05, 3.63) is 35.4 Å². The van der Waals surface area contributed by atoms with Gasteiger partial charge in [0, 0.05) is 12.5 Å². The third kappa shape index (κ3) is 3.33. The van der Waals surface area contributed by atoms with Crippen LogP contribution in [0.3, 0.4) is 0 Å². The van der Waals surface area contributed by atoms with Crippen molar-refractivity contribution in [2.24, 2.45) is 5.73 Å². The second-order valence-electron chi connectivity index (χ2n) is 4.56. The summed E-state index contributed by atoms with van der Waals surface area (Å²) in [6.07, 6.45) is 0.941. The minimum absolute atomic E-state index is 0.0688. The van der Waals surface area contributed by atoms with Crippen molar-refractivity contribution in [3.8, 4) is 0 Å². The van der Waals surface area contributed by atoms with Crippen LogP contribution in [0.25, 0.3) is 0 Å². The Morgan fingerprint density at radius 2 is 2.07 bits per heavy atom. The highest BCUT2D eigenvalue weighted by Crippen LogP contribution is 2.24. The van der Waals surface area contributed by atoms with Gasteiger partial charge in [-0.1, -0.05) is 38.1 Å². The molecule has 0 fully saturated rings. The van der Waals surface area contributed by atoms with Crippen molar-refractivity contribution in [3.63, 3.8) is 0 Å². The second kappa shape index (κ2) is 5.29. The maximum absolute atomic E-state index is 5.55. The van der Waals surface area contributed by atoms with Crippen LogP contribution >= 0.6 is 0 Å². The molecule has 2 nitrogen and oxygen atoms in total. The molecule has 2 heteroatoms. The molecule has 0 saturated heterocycles. The number of benzene rings is 1. The number of ether oxygens (including phenoxy) is 1. The Morgan fingerprint density at radius 1 is 1.33 bits per heavy atom. The van der Waals surface area contributed by atoms with Gasteiger partial charge >= 0.3 is 0 Å². The van der Waals surface area contributed by atoms with E-state index in [1.807, 2.05) is 0 Å². The zero-order chi connectivity index (χ0) is 11.3. The molecule has 0 aliphatic rings. The number of nitrogens with two attached hydrogens (primary N) is 1. The summed E-state index contributed by atoms with van der Waals surface area (Å²) in [5.74, 6) is 0. The Balaban J connectivity index is 2.88. The maximum Gasteiger partial charge on any atom is 0.0553 e. The molecule has 0 amide bonds. The summed E-state index contributed by atoms with van der Waals surface area (Å²) in [5, 5.41) is 0. The fourth-order valence-corrected chi connectivity index (χ4v) is 1.76. The van der Waals surface area contributed by atoms with Crippen LogP contribution in [0.5, 0.6) is 0 Å². The van der Waals surface area contributed by atoms with Gasteiger partial charge in [-0.3, -0.25) is 0 Å². The zero-order valence-electron chi connectivity index (χ0n) is 9.92. The fraction of sp³-hybridized carbons (Fsp3) is 0.538. The molecule has 0 aliphatic heterocycles. The molecule has 0 aromatic heterocycles. The first-order chi connectivity index (χ1) is 7.10. The summed E-state index contributed by atoms with van der Waals surface area (Å²) in [7, 11) is 1.74. The van der Waals surface area contributed by atoms with Gasteiger partial charge in [-0.05, 0) is 24.1 Å². The Bertz CT molecular complexity index is 307. The van der Waals surface area contributed by atoms with Crippen LogP contribution in [0.1, 0.15) is 25.0 Å². The van der Waals surface area contributed by atoms with E-state index in [2.05, 4.69) is 38.1 Å². The van der Waals surface area contributed by atoms with Gasteiger partial charge in [-0.2, -0.15) is 0 Å². The number of rotatable bonds is 5. The van der Waals surface area contributed by atoms with Crippen LogP contribution in [-0.4, -0.2) is 20.3 Å². The molecule has 0 spiro atoms. The van der Waals surface area contributed by atoms with Crippen LogP contribution in [0.4, 0.5) is 0 Å². The summed E-state index contributed by atoms with van der Waals surface area (Å²) < 4.78 is 5.24. The number of hydrogen-bond acceptors (Lipinski definition) is 2. The highest BCUT2D eigenvalue weighted by molar-refractivity contribution is 5.29. The van der Waals surface area contributed by atoms with Crippen molar-refractivity contribution in [2.45, 2.75) is 25.7 Å². The van der Waals surface area contributed by atoms with E-state index in [1.54, 1.807) is 7.11 Å². The smallest absolute Gasteiger partial charge is 0.0553 e. The molecule has 1 aromatic rings. The SMILES string of the molecule is COCC(C)(C)c1cccc(CCN)c1. The molecule has 0 unspecified atom stereocenters. The highest BCUT2D eigenvalue weighted by atomic mass is 16.5. The molecule has 1 aromatic carbocycles. The molecule has 0 atom stereocenters. The van der Waals surface area contributed by atoms with E-state index in [0.29, 0.717) is 6.54 Å². The van der Waals surface area contributed by atoms with Gasteiger partial charge < -0.3 is 10.5 Å². The first kappa shape index (κ1) is 12.2. The van der Waals surface area contributed by atoms with E-state index in [1.165, 1.54) is 11.1 Å². The largest absolute Gasteiger partial charge is 0.384 e. The minimum atomic E-state index is 0.0688. The molecule has 0 bridgehead atoms. The minimum Gasteiger partial charge on any atom is -0.384 e. The fourth-order valence-electron chi connectivity index (χ4n) is 1.76. The van der Waals surface area contributed by atoms with Gasteiger partial charge in [0.05, 0.1) is 6.61 Å². The summed E-state index contributed by atoms with van der Waals surface area (Å²) in [6.45, 7) is 5.82. The van der Waals surface area contributed by atoms with Gasteiger partial charge in [0.15, 0.2) is 0 Å². The molecule has 0 radical (unpaired) electrons. The Labute approximate surface area is 92.4 Å². The zero-order valence-corrected chi connectivity index (χ0v) is 9.92. The third-order valence-electron chi connectivity index (χ3n) is 2.65. The first-order valence-electron chi connectivity index (χ1n) is 5.38. The van der Waals surface area contributed by atoms with Crippen LogP contribution in [0.2, 0.25) is 0 Å². The average molecular weight is 207 g/mol. The molecule has 0 heterocycles. The molecular formula is C13H21NO. The quantitative estimate of drug-likeness (QED) is 0.802. The molecule has 2 N–H and O–H groups in total. The van der Waals surface area contributed by atoms with Crippen LogP contribution < -0.4 is 5.73 Å². The lowest BCUT2D eigenvalue weighted by atomic mass is 9.84. The Morgan fingerprint density at radius 3 is 2.67 bits per heavy atom. The van der Waals surface area contributed by atoms with Gasteiger partial charge in [0.2, 0.25) is 0 Å². The molecular weight excluding hydrogens is 186 g/mol. The van der Waals surface area contributed by atoms with Crippen LogP contribution in [0, 0.1) is 0 Å². The second-order valence-corrected chi connectivity index (χ2v) is 4.56. The summed E-state index contributed by atoms with van der Waals surface area (Å²) in [5.41, 5.74) is 8.24. The predicted octanol–water partition coefficient (Wildman–Crippen LogP) is 2.11. The van der Waals surface area contributed by atoms with Crippen LogP contribution in [0.15, 0.2) is 24.3 Å². The monoisotopic (exact) mass is 207 g/mol. The average Bonchev–Trinajstić information content (AvgIpc) is 2.19. The number of hydrogen-bond donors (Lipinski definition) is 1. The topological polar surface area (TPSA) is 35.2 Å². The van der Waals surface area contributed by atoms with Crippen molar-refractivity contribution in [2.75, 3.05) is 20.3 Å². The molecule has 1 rings (SSSR count). The standard InChI is InChI=1S/C13H21NO/c1-13(2,10-15-3)12-6-4-5-11(9-12)7-8-14/h4-6,9H,7-8,10,14H2,1-3H3. The molecule has 15 heavy (non-hydrogen) atoms. The Kier molecular flexibility index (Phi) is 4.30. The first-order valence-corrected chi connectivity index (χ1v) is 5.38. The van der Waals surface area contributed by atoms with E-state index in [9.17, 15) is 0 Å². The van der Waals surface area contributed by atoms with Crippen molar-refractivity contribution in [1.29, 1.82) is 0 Å². The summed E-state index contributed by atoms with van der Waals surface area (Å²) >= 11 is 0. The lowest BCUT2D eigenvalue weighted by Gasteiger charge is -2.24. The summed E-state index contributed by atoms with van der Waals surface area (Å²) in [4.78, 5) is 0. The lowest BCUT2D eigenvalue weighted by Crippen LogP contribution is -2.23. The highest BCUT2D eigenvalue weighted by Gasteiger charge is 2.20. The van der Waals surface area contributed by atoms with E-state index in [-0.39, 0.29) is 5.41 Å². The van der Waals surface area contributed by atoms with Crippen molar-refractivity contribution >= 4 is 0 Å². The van der Waals surface area contributed by atoms with Gasteiger partial charge in [0.25, 0.3) is 0 Å². The van der Waals surface area contributed by atoms with E-state index in [0.717, 1.165) is 13.0 Å². The normalized spacial score (nSPS) is 11.7. The lowest BCUT2D eigenvalue weighted by molar-refractivity contribution is 0.146. The molecule has 0 saturated carbocycles. The van der Waals surface area contributed by atoms with Crippen molar-refractivity contribution < 1.29 is 4.74 Å². The van der Waals surface area contributed by atoms with Crippen molar-refractivity contribution in [1.82, 2.24) is 0 Å². The number of methoxy groups -OCH3 is 1. The molecule has 84 valence electrons. The van der Waals surface area contributed by atoms with E-state index in [4.69, 9.17) is 10.5 Å². The predicted molar refractivity (Wildman–Crippen MR) is 64.1 cm³/mol. The third-order valence-corrected chi connectivity index (χ3v) is 2.65. The van der Waals surface area contributed by atoms with Gasteiger partial charge in [-0.15, -0.1) is 0 Å². The van der Waals surface area contributed by atoms with E-state index >= 15 is 0 Å². The summed E-state index contributed by atoms with van der Waals surface area (Å²) in [6, 6.07) is 8.60. The Hall–Kier alpha value is -0.860. The van der Waals surface area contributed by atoms with Crippen LogP contribution in [-0.2, 0) is 16.6 Å². The molecule has 0 aliphatic carbocycles. The van der Waals surface area contributed by atoms with E-state index < -0.39 is 0 Å². The maximum atomic E-state index is 5.55. The van der Waals surface area contributed by atoms with Gasteiger partial charge in [0.1, 0.15) is 0 Å². The van der Waals surface area contributed by atoms with Gasteiger partial charge in [-0.25, -0.2) is 0 Å².